The molecule has 1 aromatic carbocycles. The molecule has 8 heteroatoms. The number of anilines is 1. The second-order valence-corrected chi connectivity index (χ2v) is 7.24. The molecule has 1 fully saturated rings. The van der Waals surface area contributed by atoms with E-state index in [0.29, 0.717) is 13.1 Å². The Kier molecular flexibility index (Phi) is 4.12. The molecule has 0 spiro atoms. The Hall–Kier alpha value is -2.48. The molecule has 0 aliphatic carbocycles. The van der Waals surface area contributed by atoms with Gasteiger partial charge in [-0.3, -0.25) is 14.8 Å². The zero-order chi connectivity index (χ0) is 17.4. The first-order valence-electron chi connectivity index (χ1n) is 8.14. The monoisotopic (exact) mass is 358 g/mol. The van der Waals surface area contributed by atoms with Crippen molar-refractivity contribution < 1.29 is 14.3 Å². The van der Waals surface area contributed by atoms with E-state index in [-0.39, 0.29) is 18.1 Å². The molecule has 1 atom stereocenters. The molecule has 130 valence electrons. The molecule has 3 heterocycles. The third-order valence-electron chi connectivity index (χ3n) is 4.36. The molecule has 2 aliphatic heterocycles. The fourth-order valence-corrected chi connectivity index (χ4v) is 4.11. The minimum absolute atomic E-state index is 0.132. The maximum absolute atomic E-state index is 12.2. The van der Waals surface area contributed by atoms with Gasteiger partial charge in [-0.25, -0.2) is 4.79 Å². The van der Waals surface area contributed by atoms with Gasteiger partial charge in [0, 0.05) is 23.9 Å². The fraction of sp³-hybridized carbons (Fsp3) is 0.353. The van der Waals surface area contributed by atoms with Gasteiger partial charge < -0.3 is 10.1 Å². The van der Waals surface area contributed by atoms with Crippen LogP contribution in [0.4, 0.5) is 10.5 Å². The third kappa shape index (κ3) is 3.09. The van der Waals surface area contributed by atoms with Crippen LogP contribution in [0.1, 0.15) is 12.5 Å². The summed E-state index contributed by atoms with van der Waals surface area (Å²) in [6.45, 7) is 2.21. The van der Waals surface area contributed by atoms with E-state index in [0.717, 1.165) is 34.0 Å². The number of carbonyl (C=O) groups is 2. The van der Waals surface area contributed by atoms with Gasteiger partial charge in [-0.15, -0.1) is 11.8 Å². The zero-order valence-corrected chi connectivity index (χ0v) is 14.6. The number of aromatic amines is 1. The lowest BCUT2D eigenvalue weighted by Crippen LogP contribution is -2.33. The van der Waals surface area contributed by atoms with E-state index in [2.05, 4.69) is 15.5 Å². The number of aryl methyl sites for hydroxylation is 1. The van der Waals surface area contributed by atoms with Crippen molar-refractivity contribution in [1.29, 1.82) is 0 Å². The third-order valence-corrected chi connectivity index (χ3v) is 5.38. The van der Waals surface area contributed by atoms with Crippen LogP contribution < -0.4 is 10.2 Å². The molecule has 2 amide bonds. The number of thioether (sulfide) groups is 1. The fourth-order valence-electron chi connectivity index (χ4n) is 3.14. The first-order valence-corrected chi connectivity index (χ1v) is 9.12. The van der Waals surface area contributed by atoms with Gasteiger partial charge >= 0.3 is 6.09 Å². The number of carbonyl (C=O) groups excluding carboxylic acids is 2. The molecule has 7 nitrogen and oxygen atoms in total. The number of H-pyrrole nitrogens is 1. The molecule has 0 saturated carbocycles. The molecule has 1 saturated heterocycles. The Morgan fingerprint density at radius 1 is 1.52 bits per heavy atom. The van der Waals surface area contributed by atoms with Gasteiger partial charge in [-0.05, 0) is 24.1 Å². The summed E-state index contributed by atoms with van der Waals surface area (Å²) in [6, 6.07) is 6.01. The molecule has 1 unspecified atom stereocenters. The normalized spacial score (nSPS) is 19.0. The number of rotatable bonds is 3. The predicted octanol–water partition coefficient (Wildman–Crippen LogP) is 2.19. The van der Waals surface area contributed by atoms with Crippen molar-refractivity contribution >= 4 is 29.4 Å². The van der Waals surface area contributed by atoms with Crippen LogP contribution in [0.5, 0.6) is 0 Å². The molecule has 4 rings (SSSR count). The van der Waals surface area contributed by atoms with Gasteiger partial charge in [0.05, 0.1) is 29.9 Å². The summed E-state index contributed by atoms with van der Waals surface area (Å²) in [5.74, 6) is 0.839. The Morgan fingerprint density at radius 3 is 3.24 bits per heavy atom. The lowest BCUT2D eigenvalue weighted by Gasteiger charge is -2.16. The smallest absolute Gasteiger partial charge is 0.414 e. The Labute approximate surface area is 149 Å². The van der Waals surface area contributed by atoms with Crippen LogP contribution in [-0.4, -0.2) is 47.1 Å². The van der Waals surface area contributed by atoms with Gasteiger partial charge in [-0.1, -0.05) is 6.07 Å². The summed E-state index contributed by atoms with van der Waals surface area (Å²) in [7, 11) is 0. The average molecular weight is 358 g/mol. The number of fused-ring (bicyclic) bond motifs is 3. The van der Waals surface area contributed by atoms with Crippen molar-refractivity contribution in [3.05, 3.63) is 30.0 Å². The highest BCUT2D eigenvalue weighted by Crippen LogP contribution is 2.38. The highest BCUT2D eigenvalue weighted by Gasteiger charge is 2.32. The lowest BCUT2D eigenvalue weighted by atomic mass is 10.0. The van der Waals surface area contributed by atoms with E-state index in [4.69, 9.17) is 4.74 Å². The van der Waals surface area contributed by atoms with Crippen molar-refractivity contribution in [3.8, 4) is 11.3 Å². The molecule has 25 heavy (non-hydrogen) atoms. The number of hydrogen-bond acceptors (Lipinski definition) is 5. The summed E-state index contributed by atoms with van der Waals surface area (Å²) in [5, 5.41) is 9.90. The van der Waals surface area contributed by atoms with Gasteiger partial charge in [0.25, 0.3) is 0 Å². The molecule has 2 aliphatic rings. The van der Waals surface area contributed by atoms with E-state index < -0.39 is 0 Å². The first kappa shape index (κ1) is 16.0. The zero-order valence-electron chi connectivity index (χ0n) is 13.7. The molecule has 0 bridgehead atoms. The highest BCUT2D eigenvalue weighted by atomic mass is 32.2. The number of amides is 2. The van der Waals surface area contributed by atoms with Crippen molar-refractivity contribution in [3.63, 3.8) is 0 Å². The molecule has 1 aromatic heterocycles. The van der Waals surface area contributed by atoms with Crippen molar-refractivity contribution in [2.75, 3.05) is 23.7 Å². The average Bonchev–Trinajstić information content (AvgIpc) is 3.15. The van der Waals surface area contributed by atoms with Gasteiger partial charge in [-0.2, -0.15) is 5.10 Å². The van der Waals surface area contributed by atoms with Gasteiger partial charge in [0.15, 0.2) is 0 Å². The second kappa shape index (κ2) is 6.44. The van der Waals surface area contributed by atoms with Crippen LogP contribution in [0, 0.1) is 0 Å². The Bertz CT molecular complexity index is 835. The quantitative estimate of drug-likeness (QED) is 0.878. The minimum atomic E-state index is -0.375. The van der Waals surface area contributed by atoms with E-state index in [1.165, 1.54) is 12.5 Å². The second-order valence-electron chi connectivity index (χ2n) is 6.10. The van der Waals surface area contributed by atoms with Crippen molar-refractivity contribution in [2.45, 2.75) is 24.3 Å². The Morgan fingerprint density at radius 2 is 2.40 bits per heavy atom. The minimum Gasteiger partial charge on any atom is -0.442 e. The molecule has 2 aromatic rings. The van der Waals surface area contributed by atoms with Crippen molar-refractivity contribution in [2.24, 2.45) is 0 Å². The molecular formula is C17H18N4O3S. The van der Waals surface area contributed by atoms with E-state index in [9.17, 15) is 9.59 Å². The molecular weight excluding hydrogens is 340 g/mol. The molecule has 0 radical (unpaired) electrons. The lowest BCUT2D eigenvalue weighted by molar-refractivity contribution is -0.119. The SMILES string of the molecule is CC(=O)NCC1CN(c2ccc3c(c2)CCSc2cn[nH]c2-3)C(=O)O1. The van der Waals surface area contributed by atoms with E-state index >= 15 is 0 Å². The number of cyclic esters (lactones) is 1. The van der Waals surface area contributed by atoms with Crippen LogP contribution >= 0.6 is 11.8 Å². The number of benzene rings is 1. The number of aromatic nitrogens is 2. The van der Waals surface area contributed by atoms with Crippen LogP contribution in [0.2, 0.25) is 0 Å². The number of nitrogens with one attached hydrogen (secondary N) is 2. The van der Waals surface area contributed by atoms with E-state index in [1.807, 2.05) is 24.4 Å². The number of nitrogens with zero attached hydrogens (tertiary/aromatic N) is 2. The van der Waals surface area contributed by atoms with Crippen molar-refractivity contribution in [1.82, 2.24) is 15.5 Å². The Balaban J connectivity index is 1.58. The van der Waals surface area contributed by atoms with Crippen LogP contribution in [0.25, 0.3) is 11.3 Å². The van der Waals surface area contributed by atoms with E-state index in [1.54, 1.807) is 16.7 Å². The number of ether oxygens (including phenoxy) is 1. The summed E-state index contributed by atoms with van der Waals surface area (Å²) >= 11 is 1.78. The molecule has 2 N–H and O–H groups in total. The summed E-state index contributed by atoms with van der Waals surface area (Å²) < 4.78 is 5.34. The largest absolute Gasteiger partial charge is 0.442 e. The summed E-state index contributed by atoms with van der Waals surface area (Å²) in [6.07, 6.45) is 2.08. The van der Waals surface area contributed by atoms with Crippen LogP contribution in [0.3, 0.4) is 0 Å². The van der Waals surface area contributed by atoms with Crippen LogP contribution in [-0.2, 0) is 16.0 Å². The maximum Gasteiger partial charge on any atom is 0.414 e. The standard InChI is InChI=1S/C17H18N4O3S/c1-10(22)18-7-13-9-21(17(23)24-13)12-2-3-14-11(6-12)4-5-25-15-8-19-20-16(14)15/h2-3,6,8,13H,4-5,7,9H2,1H3,(H,18,22)(H,19,20). The number of hydrogen-bond donors (Lipinski definition) is 2. The van der Waals surface area contributed by atoms with Gasteiger partial charge in [0.1, 0.15) is 6.10 Å². The summed E-state index contributed by atoms with van der Waals surface area (Å²) in [5.41, 5.74) is 4.17. The topological polar surface area (TPSA) is 87.3 Å². The summed E-state index contributed by atoms with van der Waals surface area (Å²) in [4.78, 5) is 26.0. The van der Waals surface area contributed by atoms with Crippen LogP contribution in [0.15, 0.2) is 29.3 Å². The maximum atomic E-state index is 12.2. The highest BCUT2D eigenvalue weighted by molar-refractivity contribution is 7.99. The first-order chi connectivity index (χ1) is 12.1. The predicted molar refractivity (Wildman–Crippen MR) is 94.8 cm³/mol. The van der Waals surface area contributed by atoms with Gasteiger partial charge in [0.2, 0.25) is 5.91 Å².